The number of nitrogens with one attached hydrogen (secondary N) is 2. The van der Waals surface area contributed by atoms with E-state index in [1.54, 1.807) is 6.92 Å². The van der Waals surface area contributed by atoms with E-state index in [9.17, 15) is 4.79 Å². The summed E-state index contributed by atoms with van der Waals surface area (Å²) in [5.41, 5.74) is 0. The largest absolute Gasteiger partial charge is 0.356 e. The highest BCUT2D eigenvalue weighted by atomic mass is 16.1. The van der Waals surface area contributed by atoms with Crippen LogP contribution < -0.4 is 10.6 Å². The number of piperidine rings is 1. The highest BCUT2D eigenvalue weighted by Crippen LogP contribution is 2.16. The molecule has 2 N–H and O–H groups in total. The molecule has 4 nitrogen and oxygen atoms in total. The highest BCUT2D eigenvalue weighted by molar-refractivity contribution is 5.72. The zero-order valence-electron chi connectivity index (χ0n) is 10.6. The molecule has 0 unspecified atom stereocenters. The van der Waals surface area contributed by atoms with Crippen LogP contribution in [0.4, 0.5) is 0 Å². The van der Waals surface area contributed by atoms with Crippen LogP contribution in [0.5, 0.6) is 0 Å². The average molecular weight is 227 g/mol. The molecule has 1 heterocycles. The van der Waals surface area contributed by atoms with Gasteiger partial charge in [0.1, 0.15) is 0 Å². The third-order valence-electron chi connectivity index (χ3n) is 3.25. The van der Waals surface area contributed by atoms with E-state index in [2.05, 4.69) is 15.5 Å². The minimum Gasteiger partial charge on any atom is -0.356 e. The molecule has 0 bridgehead atoms. The second kappa shape index (κ2) is 7.63. The standard InChI is InChI=1S/C12H25N3O/c1-11(16)14-10-12-4-8-15(9-5-12)7-3-6-13-2/h12-13H,3-10H2,1-2H3,(H,14,16). The lowest BCUT2D eigenvalue weighted by Crippen LogP contribution is -2.39. The molecule has 0 atom stereocenters. The van der Waals surface area contributed by atoms with E-state index in [0.717, 1.165) is 13.1 Å². The first kappa shape index (κ1) is 13.5. The third kappa shape index (κ3) is 5.47. The maximum Gasteiger partial charge on any atom is 0.216 e. The number of carbonyl (C=O) groups excluding carboxylic acids is 1. The van der Waals surface area contributed by atoms with Crippen molar-refractivity contribution in [2.45, 2.75) is 26.2 Å². The lowest BCUT2D eigenvalue weighted by Gasteiger charge is -2.31. The van der Waals surface area contributed by atoms with Gasteiger partial charge < -0.3 is 15.5 Å². The van der Waals surface area contributed by atoms with Gasteiger partial charge in [-0.3, -0.25) is 4.79 Å². The summed E-state index contributed by atoms with van der Waals surface area (Å²) in [6.07, 6.45) is 3.67. The molecule has 1 fully saturated rings. The molecule has 0 spiro atoms. The first-order chi connectivity index (χ1) is 7.72. The molecule has 94 valence electrons. The summed E-state index contributed by atoms with van der Waals surface area (Å²) in [6, 6.07) is 0. The molecule has 1 rings (SSSR count). The predicted octanol–water partition coefficient (Wildman–Crippen LogP) is 0.444. The molecule has 1 aliphatic heterocycles. The van der Waals surface area contributed by atoms with Crippen LogP contribution in [0.1, 0.15) is 26.2 Å². The summed E-state index contributed by atoms with van der Waals surface area (Å²) in [7, 11) is 2.00. The van der Waals surface area contributed by atoms with Crippen LogP contribution in [-0.2, 0) is 4.79 Å². The van der Waals surface area contributed by atoms with Gasteiger partial charge in [0.15, 0.2) is 0 Å². The van der Waals surface area contributed by atoms with Crippen molar-refractivity contribution >= 4 is 5.91 Å². The lowest BCUT2D eigenvalue weighted by molar-refractivity contribution is -0.119. The van der Waals surface area contributed by atoms with Gasteiger partial charge in [0, 0.05) is 13.5 Å². The molecule has 0 radical (unpaired) electrons. The summed E-state index contributed by atoms with van der Waals surface area (Å²) >= 11 is 0. The van der Waals surface area contributed by atoms with Crippen molar-refractivity contribution in [3.8, 4) is 0 Å². The van der Waals surface area contributed by atoms with Crippen molar-refractivity contribution in [2.24, 2.45) is 5.92 Å². The Bertz CT molecular complexity index is 200. The fourth-order valence-electron chi connectivity index (χ4n) is 2.18. The van der Waals surface area contributed by atoms with Crippen molar-refractivity contribution in [3.63, 3.8) is 0 Å². The second-order valence-electron chi connectivity index (χ2n) is 4.68. The first-order valence-corrected chi connectivity index (χ1v) is 6.33. The summed E-state index contributed by atoms with van der Waals surface area (Å²) < 4.78 is 0. The molecule has 0 saturated carbocycles. The van der Waals surface area contributed by atoms with Crippen LogP contribution >= 0.6 is 0 Å². The fraction of sp³-hybridized carbons (Fsp3) is 0.917. The van der Waals surface area contributed by atoms with Gasteiger partial charge in [0.25, 0.3) is 0 Å². The van der Waals surface area contributed by atoms with E-state index in [1.165, 1.54) is 38.9 Å². The van der Waals surface area contributed by atoms with Crippen molar-refractivity contribution < 1.29 is 4.79 Å². The molecule has 0 aromatic carbocycles. The van der Waals surface area contributed by atoms with E-state index in [-0.39, 0.29) is 5.91 Å². The van der Waals surface area contributed by atoms with Crippen molar-refractivity contribution in [1.82, 2.24) is 15.5 Å². The summed E-state index contributed by atoms with van der Waals surface area (Å²) in [5, 5.41) is 6.09. The van der Waals surface area contributed by atoms with Gasteiger partial charge in [-0.1, -0.05) is 0 Å². The number of rotatable bonds is 6. The quantitative estimate of drug-likeness (QED) is 0.647. The SMILES string of the molecule is CNCCCN1CCC(CNC(C)=O)CC1. The molecule has 1 amide bonds. The predicted molar refractivity (Wildman–Crippen MR) is 66.4 cm³/mol. The van der Waals surface area contributed by atoms with Crippen LogP contribution in [0.25, 0.3) is 0 Å². The van der Waals surface area contributed by atoms with Gasteiger partial charge >= 0.3 is 0 Å². The van der Waals surface area contributed by atoms with Gasteiger partial charge in [-0.05, 0) is 58.4 Å². The summed E-state index contributed by atoms with van der Waals surface area (Å²) in [5.74, 6) is 0.779. The second-order valence-corrected chi connectivity index (χ2v) is 4.68. The summed E-state index contributed by atoms with van der Waals surface area (Å²) in [4.78, 5) is 13.3. The van der Waals surface area contributed by atoms with Gasteiger partial charge in [-0.15, -0.1) is 0 Å². The molecule has 0 aliphatic carbocycles. The number of carbonyl (C=O) groups is 1. The minimum atomic E-state index is 0.0939. The zero-order chi connectivity index (χ0) is 11.8. The molecule has 0 aromatic heterocycles. The third-order valence-corrected chi connectivity index (χ3v) is 3.25. The van der Waals surface area contributed by atoms with E-state index >= 15 is 0 Å². The Labute approximate surface area is 98.8 Å². The van der Waals surface area contributed by atoms with Crippen molar-refractivity contribution in [3.05, 3.63) is 0 Å². The molecule has 1 saturated heterocycles. The molecule has 4 heteroatoms. The Morgan fingerprint density at radius 1 is 1.38 bits per heavy atom. The van der Waals surface area contributed by atoms with Gasteiger partial charge in [-0.2, -0.15) is 0 Å². The number of hydrogen-bond donors (Lipinski definition) is 2. The molecule has 16 heavy (non-hydrogen) atoms. The molecular weight excluding hydrogens is 202 g/mol. The monoisotopic (exact) mass is 227 g/mol. The first-order valence-electron chi connectivity index (χ1n) is 6.33. The molecule has 1 aliphatic rings. The smallest absolute Gasteiger partial charge is 0.216 e. The van der Waals surface area contributed by atoms with Gasteiger partial charge in [0.05, 0.1) is 0 Å². The Morgan fingerprint density at radius 2 is 2.06 bits per heavy atom. The zero-order valence-corrected chi connectivity index (χ0v) is 10.6. The van der Waals surface area contributed by atoms with Crippen LogP contribution in [0.15, 0.2) is 0 Å². The number of amides is 1. The van der Waals surface area contributed by atoms with E-state index in [1.807, 2.05) is 7.05 Å². The Kier molecular flexibility index (Phi) is 6.42. The van der Waals surface area contributed by atoms with Crippen LogP contribution in [-0.4, -0.2) is 50.6 Å². The van der Waals surface area contributed by atoms with E-state index in [4.69, 9.17) is 0 Å². The van der Waals surface area contributed by atoms with Crippen molar-refractivity contribution in [1.29, 1.82) is 0 Å². The Balaban J connectivity index is 2.06. The van der Waals surface area contributed by atoms with Crippen LogP contribution in [0.3, 0.4) is 0 Å². The topological polar surface area (TPSA) is 44.4 Å². The fourth-order valence-corrected chi connectivity index (χ4v) is 2.18. The van der Waals surface area contributed by atoms with E-state index < -0.39 is 0 Å². The summed E-state index contributed by atoms with van der Waals surface area (Å²) in [6.45, 7) is 7.13. The number of likely N-dealkylation sites (tertiary alicyclic amines) is 1. The Morgan fingerprint density at radius 3 is 2.62 bits per heavy atom. The highest BCUT2D eigenvalue weighted by Gasteiger charge is 2.18. The maximum atomic E-state index is 10.8. The average Bonchev–Trinajstić information content (AvgIpc) is 2.28. The van der Waals surface area contributed by atoms with Crippen molar-refractivity contribution in [2.75, 3.05) is 39.8 Å². The van der Waals surface area contributed by atoms with Crippen LogP contribution in [0.2, 0.25) is 0 Å². The lowest BCUT2D eigenvalue weighted by atomic mass is 9.96. The Hall–Kier alpha value is -0.610. The minimum absolute atomic E-state index is 0.0939. The van der Waals surface area contributed by atoms with E-state index in [0.29, 0.717) is 5.92 Å². The van der Waals surface area contributed by atoms with Crippen LogP contribution in [0, 0.1) is 5.92 Å². The normalized spacial score (nSPS) is 18.6. The van der Waals surface area contributed by atoms with Gasteiger partial charge in [0.2, 0.25) is 5.91 Å². The molecule has 0 aromatic rings. The molecular formula is C12H25N3O. The van der Waals surface area contributed by atoms with Gasteiger partial charge in [-0.25, -0.2) is 0 Å². The number of hydrogen-bond acceptors (Lipinski definition) is 3. The number of nitrogens with zero attached hydrogens (tertiary/aromatic N) is 1. The maximum absolute atomic E-state index is 10.8.